The summed E-state index contributed by atoms with van der Waals surface area (Å²) in [4.78, 5) is 6.69. The molecule has 0 radical (unpaired) electrons. The molecule has 1 saturated heterocycles. The maximum absolute atomic E-state index is 5.73. The molecule has 3 nitrogen and oxygen atoms in total. The molecule has 1 fully saturated rings. The monoisotopic (exact) mass is 202 g/mol. The number of hydrogen-bond donors (Lipinski definition) is 0. The fourth-order valence-electron chi connectivity index (χ4n) is 2.16. The predicted octanol–water partition coefficient (Wildman–Crippen LogP) is 2.42. The third-order valence-corrected chi connectivity index (χ3v) is 2.92. The number of fused-ring (bicyclic) bond motifs is 1. The van der Waals surface area contributed by atoms with Crippen LogP contribution >= 0.6 is 0 Å². The molecule has 0 amide bonds. The molecule has 1 aliphatic rings. The average Bonchev–Trinajstić information content (AvgIpc) is 2.86. The normalized spacial score (nSPS) is 17.6. The summed E-state index contributed by atoms with van der Waals surface area (Å²) in [6.45, 7) is 3.32. The van der Waals surface area contributed by atoms with Gasteiger partial charge in [0.2, 0.25) is 0 Å². The number of pyridine rings is 1. The van der Waals surface area contributed by atoms with E-state index < -0.39 is 0 Å². The molecule has 0 bridgehead atoms. The van der Waals surface area contributed by atoms with E-state index in [1.54, 1.807) is 6.20 Å². The second-order valence-corrected chi connectivity index (χ2v) is 4.08. The summed E-state index contributed by atoms with van der Waals surface area (Å²) >= 11 is 0. The first-order valence-corrected chi connectivity index (χ1v) is 5.47. The van der Waals surface area contributed by atoms with Gasteiger partial charge in [-0.2, -0.15) is 0 Å². The minimum atomic E-state index is 0.895. The lowest BCUT2D eigenvalue weighted by molar-refractivity contribution is 0.302. The average molecular weight is 202 g/mol. The Labute approximate surface area is 88.7 Å². The van der Waals surface area contributed by atoms with Crippen molar-refractivity contribution < 1.29 is 4.42 Å². The molecule has 0 unspecified atom stereocenters. The zero-order valence-electron chi connectivity index (χ0n) is 8.65. The van der Waals surface area contributed by atoms with Crippen LogP contribution in [0.5, 0.6) is 0 Å². The van der Waals surface area contributed by atoms with Crippen LogP contribution in [0.1, 0.15) is 18.6 Å². The topological polar surface area (TPSA) is 29.3 Å². The molecule has 0 aliphatic carbocycles. The van der Waals surface area contributed by atoms with Crippen LogP contribution in [0.2, 0.25) is 0 Å². The van der Waals surface area contributed by atoms with Gasteiger partial charge in [0.25, 0.3) is 0 Å². The van der Waals surface area contributed by atoms with Gasteiger partial charge in [0.15, 0.2) is 5.58 Å². The van der Waals surface area contributed by atoms with Crippen molar-refractivity contribution in [1.29, 1.82) is 0 Å². The summed E-state index contributed by atoms with van der Waals surface area (Å²) in [5, 5.41) is 0. The smallest absolute Gasteiger partial charge is 0.152 e. The van der Waals surface area contributed by atoms with Crippen LogP contribution in [0.3, 0.4) is 0 Å². The standard InChI is InChI=1S/C12H14N2O/c1-2-7-14(6-1)9-10-8-11-12(15-10)4-3-5-13-11/h3-5,8H,1-2,6-7,9H2. The van der Waals surface area contributed by atoms with Gasteiger partial charge in [-0.3, -0.25) is 9.88 Å². The number of likely N-dealkylation sites (tertiary alicyclic amines) is 1. The number of rotatable bonds is 2. The van der Waals surface area contributed by atoms with Crippen LogP contribution in [0.15, 0.2) is 28.8 Å². The van der Waals surface area contributed by atoms with Gasteiger partial charge in [-0.25, -0.2) is 0 Å². The van der Waals surface area contributed by atoms with E-state index in [1.807, 2.05) is 18.2 Å². The highest BCUT2D eigenvalue weighted by atomic mass is 16.3. The first-order chi connectivity index (χ1) is 7.42. The van der Waals surface area contributed by atoms with E-state index in [-0.39, 0.29) is 0 Å². The molecule has 0 aromatic carbocycles. The van der Waals surface area contributed by atoms with Gasteiger partial charge in [0, 0.05) is 12.3 Å². The summed E-state index contributed by atoms with van der Waals surface area (Å²) in [5.74, 6) is 1.03. The van der Waals surface area contributed by atoms with Crippen molar-refractivity contribution in [2.45, 2.75) is 19.4 Å². The van der Waals surface area contributed by atoms with Gasteiger partial charge in [0.1, 0.15) is 11.3 Å². The highest BCUT2D eigenvalue weighted by Gasteiger charge is 2.14. The van der Waals surface area contributed by atoms with Gasteiger partial charge in [0.05, 0.1) is 6.54 Å². The van der Waals surface area contributed by atoms with Crippen LogP contribution in [0, 0.1) is 0 Å². The van der Waals surface area contributed by atoms with Crippen molar-refractivity contribution in [3.05, 3.63) is 30.2 Å². The van der Waals surface area contributed by atoms with E-state index in [0.29, 0.717) is 0 Å². The summed E-state index contributed by atoms with van der Waals surface area (Å²) in [7, 11) is 0. The second kappa shape index (κ2) is 3.66. The molecule has 0 N–H and O–H groups in total. The maximum Gasteiger partial charge on any atom is 0.152 e. The SMILES string of the molecule is c1cnc2cc(CN3CCCC3)oc2c1. The lowest BCUT2D eigenvalue weighted by Crippen LogP contribution is -2.17. The van der Waals surface area contributed by atoms with Crippen molar-refractivity contribution in [3.63, 3.8) is 0 Å². The van der Waals surface area contributed by atoms with E-state index in [9.17, 15) is 0 Å². The minimum absolute atomic E-state index is 0.895. The summed E-state index contributed by atoms with van der Waals surface area (Å²) in [6, 6.07) is 5.93. The van der Waals surface area contributed by atoms with Gasteiger partial charge in [-0.15, -0.1) is 0 Å². The van der Waals surface area contributed by atoms with Crippen LogP contribution in [-0.2, 0) is 6.54 Å². The predicted molar refractivity (Wildman–Crippen MR) is 58.5 cm³/mol. The molecule has 0 spiro atoms. The van der Waals surface area contributed by atoms with Gasteiger partial charge < -0.3 is 4.42 Å². The summed E-state index contributed by atoms with van der Waals surface area (Å²) < 4.78 is 5.73. The van der Waals surface area contributed by atoms with Crippen molar-refractivity contribution in [2.75, 3.05) is 13.1 Å². The lowest BCUT2D eigenvalue weighted by atomic mass is 10.3. The zero-order chi connectivity index (χ0) is 10.1. The third kappa shape index (κ3) is 1.75. The molecule has 0 atom stereocenters. The second-order valence-electron chi connectivity index (χ2n) is 4.08. The largest absolute Gasteiger partial charge is 0.458 e. The van der Waals surface area contributed by atoms with Crippen LogP contribution < -0.4 is 0 Å². The molecule has 3 heterocycles. The van der Waals surface area contributed by atoms with Crippen molar-refractivity contribution in [2.24, 2.45) is 0 Å². The Balaban J connectivity index is 1.84. The van der Waals surface area contributed by atoms with Gasteiger partial charge in [-0.1, -0.05) is 0 Å². The number of furan rings is 1. The number of nitrogens with zero attached hydrogens (tertiary/aromatic N) is 2. The van der Waals surface area contributed by atoms with E-state index in [4.69, 9.17) is 4.42 Å². The molecule has 15 heavy (non-hydrogen) atoms. The van der Waals surface area contributed by atoms with Gasteiger partial charge in [-0.05, 0) is 38.1 Å². The Bertz CT molecular complexity index is 424. The molecule has 1 aliphatic heterocycles. The molecule has 2 aromatic heterocycles. The maximum atomic E-state index is 5.73. The number of aromatic nitrogens is 1. The molecule has 3 rings (SSSR count). The van der Waals surface area contributed by atoms with E-state index >= 15 is 0 Å². The fourth-order valence-corrected chi connectivity index (χ4v) is 2.16. The molecule has 2 aromatic rings. The third-order valence-electron chi connectivity index (χ3n) is 2.92. The van der Waals surface area contributed by atoms with E-state index in [2.05, 4.69) is 9.88 Å². The number of hydrogen-bond acceptors (Lipinski definition) is 3. The van der Waals surface area contributed by atoms with Crippen LogP contribution in [-0.4, -0.2) is 23.0 Å². The molecule has 3 heteroatoms. The van der Waals surface area contributed by atoms with Crippen molar-refractivity contribution in [3.8, 4) is 0 Å². The highest BCUT2D eigenvalue weighted by molar-refractivity contribution is 5.72. The molecular weight excluding hydrogens is 188 g/mol. The molecule has 0 saturated carbocycles. The minimum Gasteiger partial charge on any atom is -0.458 e. The Kier molecular flexibility index (Phi) is 2.18. The van der Waals surface area contributed by atoms with Crippen LogP contribution in [0.4, 0.5) is 0 Å². The quantitative estimate of drug-likeness (QED) is 0.749. The van der Waals surface area contributed by atoms with E-state index in [1.165, 1.54) is 25.9 Å². The molecular formula is C12H14N2O. The lowest BCUT2D eigenvalue weighted by Gasteiger charge is -2.11. The highest BCUT2D eigenvalue weighted by Crippen LogP contribution is 2.19. The van der Waals surface area contributed by atoms with Crippen molar-refractivity contribution in [1.82, 2.24) is 9.88 Å². The van der Waals surface area contributed by atoms with Gasteiger partial charge >= 0.3 is 0 Å². The summed E-state index contributed by atoms with van der Waals surface area (Å²) in [6.07, 6.45) is 4.44. The van der Waals surface area contributed by atoms with Crippen molar-refractivity contribution >= 4 is 11.1 Å². The fraction of sp³-hybridized carbons (Fsp3) is 0.417. The Morgan fingerprint density at radius 3 is 3.00 bits per heavy atom. The summed E-state index contributed by atoms with van der Waals surface area (Å²) in [5.41, 5.74) is 1.86. The Morgan fingerprint density at radius 2 is 2.20 bits per heavy atom. The van der Waals surface area contributed by atoms with E-state index in [0.717, 1.165) is 23.4 Å². The first-order valence-electron chi connectivity index (χ1n) is 5.47. The first kappa shape index (κ1) is 8.92. The zero-order valence-corrected chi connectivity index (χ0v) is 8.65. The Hall–Kier alpha value is -1.35. The molecule has 78 valence electrons. The van der Waals surface area contributed by atoms with Crippen LogP contribution in [0.25, 0.3) is 11.1 Å². The Morgan fingerprint density at radius 1 is 1.33 bits per heavy atom.